The van der Waals surface area contributed by atoms with Crippen molar-refractivity contribution in [1.82, 2.24) is 0 Å². The highest BCUT2D eigenvalue weighted by Crippen LogP contribution is 2.63. The molecule has 5 rings (SSSR count). The standard InChI is InChI=1S/C30H48O8/c1-7-28(5,26(34)37-23-10-8-22(9-11-23)36-19(2)35-6)17-27(3,4)25(33)38-30-15-20-12-21(16-30)14-29(13-20,18-30)24(31)32/h19-23H,7-18H2,1-6H3,(H,31,32). The van der Waals surface area contributed by atoms with Crippen LogP contribution in [0, 0.1) is 28.1 Å². The first kappa shape index (κ1) is 29.3. The minimum Gasteiger partial charge on any atom is -0.481 e. The summed E-state index contributed by atoms with van der Waals surface area (Å²) in [6, 6.07) is 0. The predicted octanol–water partition coefficient (Wildman–Crippen LogP) is 5.65. The molecule has 0 spiro atoms. The highest BCUT2D eigenvalue weighted by Gasteiger charge is 2.63. The van der Waals surface area contributed by atoms with Gasteiger partial charge in [0.15, 0.2) is 6.29 Å². The van der Waals surface area contributed by atoms with Gasteiger partial charge in [0, 0.05) is 13.5 Å². The van der Waals surface area contributed by atoms with E-state index in [1.807, 2.05) is 34.6 Å². The number of esters is 2. The van der Waals surface area contributed by atoms with Crippen LogP contribution in [0.3, 0.4) is 0 Å². The highest BCUT2D eigenvalue weighted by atomic mass is 16.7. The van der Waals surface area contributed by atoms with E-state index in [9.17, 15) is 19.5 Å². The van der Waals surface area contributed by atoms with Gasteiger partial charge >= 0.3 is 17.9 Å². The summed E-state index contributed by atoms with van der Waals surface area (Å²) in [4.78, 5) is 39.3. The number of aliphatic carboxylic acids is 1. The fourth-order valence-electron chi connectivity index (χ4n) is 8.18. The summed E-state index contributed by atoms with van der Waals surface area (Å²) in [6.45, 7) is 9.38. The summed E-state index contributed by atoms with van der Waals surface area (Å²) in [7, 11) is 1.62. The minimum atomic E-state index is -0.911. The normalized spacial score (nSPS) is 36.8. The number of carbonyl (C=O) groups is 3. The minimum absolute atomic E-state index is 0.107. The maximum Gasteiger partial charge on any atom is 0.312 e. The van der Waals surface area contributed by atoms with E-state index in [0.29, 0.717) is 43.9 Å². The maximum absolute atomic E-state index is 13.6. The van der Waals surface area contributed by atoms with Gasteiger partial charge in [0.05, 0.1) is 22.3 Å². The largest absolute Gasteiger partial charge is 0.481 e. The Morgan fingerprint density at radius 3 is 2.05 bits per heavy atom. The third kappa shape index (κ3) is 5.91. The first-order valence-corrected chi connectivity index (χ1v) is 14.6. The molecule has 0 aromatic rings. The zero-order chi connectivity index (χ0) is 27.9. The Hall–Kier alpha value is -1.67. The van der Waals surface area contributed by atoms with Gasteiger partial charge in [-0.15, -0.1) is 0 Å². The molecule has 1 N–H and O–H groups in total. The second-order valence-corrected chi connectivity index (χ2v) is 13.8. The number of carbonyl (C=O) groups excluding carboxylic acids is 2. The van der Waals surface area contributed by atoms with E-state index in [2.05, 4.69) is 0 Å². The number of hydrogen-bond acceptors (Lipinski definition) is 7. The smallest absolute Gasteiger partial charge is 0.312 e. The van der Waals surface area contributed by atoms with Gasteiger partial charge < -0.3 is 24.1 Å². The Bertz CT molecular complexity index is 890. The van der Waals surface area contributed by atoms with Crippen LogP contribution in [-0.4, -0.2) is 54.2 Å². The number of rotatable bonds is 11. The number of hydrogen-bond donors (Lipinski definition) is 1. The van der Waals surface area contributed by atoms with E-state index in [4.69, 9.17) is 18.9 Å². The Kier molecular flexibility index (Phi) is 8.27. The van der Waals surface area contributed by atoms with Gasteiger partial charge in [-0.05, 0) is 110 Å². The van der Waals surface area contributed by atoms with Crippen LogP contribution < -0.4 is 0 Å². The molecule has 0 radical (unpaired) electrons. The Labute approximate surface area is 227 Å². The lowest BCUT2D eigenvalue weighted by molar-refractivity contribution is -0.217. The monoisotopic (exact) mass is 536 g/mol. The van der Waals surface area contributed by atoms with Gasteiger partial charge in [-0.25, -0.2) is 0 Å². The second-order valence-electron chi connectivity index (χ2n) is 13.8. The molecule has 4 atom stereocenters. The topological polar surface area (TPSA) is 108 Å². The molecule has 0 aromatic carbocycles. The molecular formula is C30H48O8. The van der Waals surface area contributed by atoms with Gasteiger partial charge in [0.25, 0.3) is 0 Å². The average Bonchev–Trinajstić information content (AvgIpc) is 2.83. The van der Waals surface area contributed by atoms with Crippen LogP contribution in [0.5, 0.6) is 0 Å². The molecule has 8 heteroatoms. The zero-order valence-electron chi connectivity index (χ0n) is 24.2. The average molecular weight is 537 g/mol. The number of ether oxygens (including phenoxy) is 4. The highest BCUT2D eigenvalue weighted by molar-refractivity contribution is 5.81. The van der Waals surface area contributed by atoms with Gasteiger partial charge in [-0.2, -0.15) is 0 Å². The van der Waals surface area contributed by atoms with Crippen molar-refractivity contribution in [3.05, 3.63) is 0 Å². The SMILES string of the molecule is CCC(C)(CC(C)(C)C(=O)OC12CC3CC(C1)CC(C(=O)O)(C3)C2)C(=O)OC1CCC(OC(C)OC)CC1. The summed E-state index contributed by atoms with van der Waals surface area (Å²) < 4.78 is 23.3. The third-order valence-electron chi connectivity index (χ3n) is 10.0. The molecule has 5 aliphatic rings. The molecule has 38 heavy (non-hydrogen) atoms. The Morgan fingerprint density at radius 1 is 0.947 bits per heavy atom. The number of methoxy groups -OCH3 is 1. The van der Waals surface area contributed by atoms with E-state index >= 15 is 0 Å². The van der Waals surface area contributed by atoms with Crippen LogP contribution in [0.25, 0.3) is 0 Å². The lowest BCUT2D eigenvalue weighted by atomic mass is 9.48. The lowest BCUT2D eigenvalue weighted by Crippen LogP contribution is -2.60. The molecule has 5 aliphatic carbocycles. The molecule has 216 valence electrons. The van der Waals surface area contributed by atoms with Crippen LogP contribution in [-0.2, 0) is 33.3 Å². The summed E-state index contributed by atoms with van der Waals surface area (Å²) in [5, 5.41) is 10.0. The Morgan fingerprint density at radius 2 is 1.53 bits per heavy atom. The fraction of sp³-hybridized carbons (Fsp3) is 0.900. The molecule has 5 fully saturated rings. The van der Waals surface area contributed by atoms with Crippen molar-refractivity contribution in [3.8, 4) is 0 Å². The molecule has 0 aliphatic heterocycles. The second kappa shape index (κ2) is 10.7. The molecule has 4 bridgehead atoms. The molecule has 0 aromatic heterocycles. The van der Waals surface area contributed by atoms with Gasteiger partial charge in [0.1, 0.15) is 11.7 Å². The van der Waals surface area contributed by atoms with Crippen LogP contribution in [0.15, 0.2) is 0 Å². The quantitative estimate of drug-likeness (QED) is 0.267. The first-order chi connectivity index (χ1) is 17.7. The molecule has 0 amide bonds. The van der Waals surface area contributed by atoms with E-state index in [0.717, 1.165) is 44.9 Å². The number of carboxylic acids is 1. The molecular weight excluding hydrogens is 488 g/mol. The van der Waals surface area contributed by atoms with E-state index in [-0.39, 0.29) is 30.4 Å². The fourth-order valence-corrected chi connectivity index (χ4v) is 8.18. The molecule has 4 unspecified atom stereocenters. The van der Waals surface area contributed by atoms with Crippen molar-refractivity contribution in [2.75, 3.05) is 7.11 Å². The van der Waals surface area contributed by atoms with Crippen molar-refractivity contribution in [3.63, 3.8) is 0 Å². The summed E-state index contributed by atoms with van der Waals surface area (Å²) >= 11 is 0. The summed E-state index contributed by atoms with van der Waals surface area (Å²) in [6.07, 6.45) is 8.02. The van der Waals surface area contributed by atoms with Gasteiger partial charge in [-0.3, -0.25) is 14.4 Å². The molecule has 0 saturated heterocycles. The number of carboxylic acid groups (broad SMARTS) is 1. The molecule has 0 heterocycles. The van der Waals surface area contributed by atoms with Crippen molar-refractivity contribution in [1.29, 1.82) is 0 Å². The zero-order valence-corrected chi connectivity index (χ0v) is 24.2. The van der Waals surface area contributed by atoms with Crippen molar-refractivity contribution < 1.29 is 38.4 Å². The van der Waals surface area contributed by atoms with E-state index < -0.39 is 27.8 Å². The van der Waals surface area contributed by atoms with Crippen LogP contribution in [0.4, 0.5) is 0 Å². The van der Waals surface area contributed by atoms with E-state index in [1.54, 1.807) is 7.11 Å². The summed E-state index contributed by atoms with van der Waals surface area (Å²) in [5.74, 6) is -0.747. The van der Waals surface area contributed by atoms with Gasteiger partial charge in [0.2, 0.25) is 0 Å². The van der Waals surface area contributed by atoms with E-state index in [1.165, 1.54) is 0 Å². The van der Waals surface area contributed by atoms with Gasteiger partial charge in [-0.1, -0.05) is 6.92 Å². The van der Waals surface area contributed by atoms with Crippen molar-refractivity contribution >= 4 is 17.9 Å². The first-order valence-electron chi connectivity index (χ1n) is 14.6. The summed E-state index contributed by atoms with van der Waals surface area (Å²) in [5.41, 5.74) is -3.20. The predicted molar refractivity (Wildman–Crippen MR) is 140 cm³/mol. The molecule has 5 saturated carbocycles. The van der Waals surface area contributed by atoms with Crippen LogP contribution in [0.2, 0.25) is 0 Å². The van der Waals surface area contributed by atoms with Crippen LogP contribution in [0.1, 0.15) is 112 Å². The van der Waals surface area contributed by atoms with Crippen molar-refractivity contribution in [2.45, 2.75) is 136 Å². The third-order valence-corrected chi connectivity index (χ3v) is 10.0. The molecule has 8 nitrogen and oxygen atoms in total. The Balaban J connectivity index is 1.36. The van der Waals surface area contributed by atoms with Crippen molar-refractivity contribution in [2.24, 2.45) is 28.1 Å². The van der Waals surface area contributed by atoms with Crippen LogP contribution >= 0.6 is 0 Å². The lowest BCUT2D eigenvalue weighted by Gasteiger charge is -2.59. The maximum atomic E-state index is 13.6.